The summed E-state index contributed by atoms with van der Waals surface area (Å²) in [5.74, 6) is 0.454. The van der Waals surface area contributed by atoms with Crippen LogP contribution in [0.25, 0.3) is 0 Å². The van der Waals surface area contributed by atoms with E-state index in [1.165, 1.54) is 19.3 Å². The molecule has 2 aliphatic carbocycles. The zero-order chi connectivity index (χ0) is 18.4. The van der Waals surface area contributed by atoms with Gasteiger partial charge in [-0.25, -0.2) is 0 Å². The van der Waals surface area contributed by atoms with Crippen LogP contribution in [0.2, 0.25) is 0 Å². The molecule has 2 aliphatic rings. The minimum atomic E-state index is -1.71. The molecule has 5 atom stereocenters. The van der Waals surface area contributed by atoms with Gasteiger partial charge >= 0.3 is 0 Å². The maximum absolute atomic E-state index is 10.8. The van der Waals surface area contributed by atoms with E-state index in [0.717, 1.165) is 12.8 Å². The second kappa shape index (κ2) is 9.57. The fraction of sp³-hybridized carbons (Fsp3) is 1.00. The van der Waals surface area contributed by atoms with Gasteiger partial charge in [0.1, 0.15) is 17.8 Å². The number of nitrogens with one attached hydrogen (secondary N) is 1. The summed E-state index contributed by atoms with van der Waals surface area (Å²) < 4.78 is 5.65. The minimum Gasteiger partial charge on any atom is -0.395 e. The summed E-state index contributed by atoms with van der Waals surface area (Å²) in [5, 5.41) is 62.3. The Morgan fingerprint density at radius 2 is 1.64 bits per heavy atom. The third-order valence-electron chi connectivity index (χ3n) is 5.53. The molecule has 0 heterocycles. The zero-order valence-corrected chi connectivity index (χ0v) is 14.6. The molecule has 2 rings (SSSR count). The van der Waals surface area contributed by atoms with Crippen LogP contribution in [-0.4, -0.2) is 93.1 Å². The highest BCUT2D eigenvalue weighted by Gasteiger charge is 2.51. The molecule has 8 nitrogen and oxygen atoms in total. The van der Waals surface area contributed by atoms with Crippen LogP contribution in [0.15, 0.2) is 0 Å². The topological polar surface area (TPSA) is 143 Å². The quantitative estimate of drug-likeness (QED) is 0.265. The van der Waals surface area contributed by atoms with Gasteiger partial charge in [0.2, 0.25) is 0 Å². The van der Waals surface area contributed by atoms with Crippen molar-refractivity contribution in [1.29, 1.82) is 0 Å². The third-order valence-corrected chi connectivity index (χ3v) is 5.53. The molecule has 0 spiro atoms. The smallest absolute Gasteiger partial charge is 0.118 e. The zero-order valence-electron chi connectivity index (χ0n) is 14.6. The molecule has 0 bridgehead atoms. The van der Waals surface area contributed by atoms with Crippen LogP contribution in [0.1, 0.15) is 38.5 Å². The van der Waals surface area contributed by atoms with E-state index in [1.54, 1.807) is 0 Å². The lowest BCUT2D eigenvalue weighted by molar-refractivity contribution is -0.214. The lowest BCUT2D eigenvalue weighted by atomic mass is 9.76. The van der Waals surface area contributed by atoms with Gasteiger partial charge in [0.05, 0.1) is 32.0 Å². The van der Waals surface area contributed by atoms with Gasteiger partial charge in [-0.2, -0.15) is 0 Å². The SMILES string of the molecule is OCC(CO)N[C@@H]1C[C@@](O)(COCC2CCCCC2)[C@H](O)[C@@H](O)[C@@H]1O. The predicted octanol–water partition coefficient (Wildman–Crippen LogP) is -1.89. The predicted molar refractivity (Wildman–Crippen MR) is 89.9 cm³/mol. The largest absolute Gasteiger partial charge is 0.395 e. The molecule has 7 N–H and O–H groups in total. The van der Waals surface area contributed by atoms with E-state index in [2.05, 4.69) is 5.32 Å². The highest BCUT2D eigenvalue weighted by molar-refractivity contribution is 5.05. The minimum absolute atomic E-state index is 0.0619. The highest BCUT2D eigenvalue weighted by Crippen LogP contribution is 2.31. The van der Waals surface area contributed by atoms with E-state index in [4.69, 9.17) is 4.74 Å². The lowest BCUT2D eigenvalue weighted by Gasteiger charge is -2.46. The molecule has 0 aromatic rings. The molecule has 0 unspecified atom stereocenters. The van der Waals surface area contributed by atoms with Gasteiger partial charge in [-0.3, -0.25) is 0 Å². The van der Waals surface area contributed by atoms with Crippen molar-refractivity contribution < 1.29 is 35.4 Å². The monoisotopic (exact) mass is 363 g/mol. The Kier molecular flexibility index (Phi) is 8.03. The Morgan fingerprint density at radius 1 is 1.00 bits per heavy atom. The summed E-state index contributed by atoms with van der Waals surface area (Å²) in [6.45, 7) is -0.346. The first-order valence-electron chi connectivity index (χ1n) is 9.23. The van der Waals surface area contributed by atoms with E-state index >= 15 is 0 Å². The van der Waals surface area contributed by atoms with Crippen molar-refractivity contribution in [2.75, 3.05) is 26.4 Å². The van der Waals surface area contributed by atoms with Crippen LogP contribution < -0.4 is 5.32 Å². The summed E-state index contributed by atoms with van der Waals surface area (Å²) in [4.78, 5) is 0. The number of aliphatic hydroxyl groups is 6. The first-order valence-corrected chi connectivity index (χ1v) is 9.23. The van der Waals surface area contributed by atoms with Crippen LogP contribution in [0.4, 0.5) is 0 Å². The summed E-state index contributed by atoms with van der Waals surface area (Å²) in [5.41, 5.74) is -1.71. The van der Waals surface area contributed by atoms with Crippen molar-refractivity contribution >= 4 is 0 Å². The maximum atomic E-state index is 10.8. The average Bonchev–Trinajstić information content (AvgIpc) is 2.63. The van der Waals surface area contributed by atoms with E-state index in [0.29, 0.717) is 12.5 Å². The van der Waals surface area contributed by atoms with Crippen LogP contribution in [0.5, 0.6) is 0 Å². The normalized spacial score (nSPS) is 37.6. The third kappa shape index (κ3) is 5.33. The van der Waals surface area contributed by atoms with Gasteiger partial charge in [-0.05, 0) is 25.2 Å². The molecule has 2 fully saturated rings. The summed E-state index contributed by atoms with van der Waals surface area (Å²) in [7, 11) is 0. The summed E-state index contributed by atoms with van der Waals surface area (Å²) in [6, 6.07) is -1.47. The Balaban J connectivity index is 1.93. The fourth-order valence-corrected chi connectivity index (χ4v) is 3.89. The van der Waals surface area contributed by atoms with Crippen molar-refractivity contribution in [1.82, 2.24) is 5.32 Å². The molecule has 8 heteroatoms. The van der Waals surface area contributed by atoms with Gasteiger partial charge in [-0.1, -0.05) is 19.3 Å². The molecule has 0 radical (unpaired) electrons. The van der Waals surface area contributed by atoms with E-state index in [1.807, 2.05) is 0 Å². The maximum Gasteiger partial charge on any atom is 0.118 e. The van der Waals surface area contributed by atoms with E-state index < -0.39 is 36.0 Å². The average molecular weight is 363 g/mol. The van der Waals surface area contributed by atoms with Crippen LogP contribution >= 0.6 is 0 Å². The molecule has 0 aliphatic heterocycles. The second-order valence-electron chi connectivity index (χ2n) is 7.59. The standard InChI is InChI=1S/C17H33NO7/c19-7-12(8-20)18-13-6-17(24,16(23)15(22)14(13)21)10-25-9-11-4-2-1-3-5-11/h11-16,18-24H,1-10H2/t13-,14-,15+,16-,17-/m1/s1. The first-order chi connectivity index (χ1) is 11.9. The van der Waals surface area contributed by atoms with Crippen molar-refractivity contribution in [2.24, 2.45) is 5.92 Å². The van der Waals surface area contributed by atoms with Crippen LogP contribution in [-0.2, 0) is 4.74 Å². The molecule has 148 valence electrons. The van der Waals surface area contributed by atoms with Gasteiger partial charge in [0, 0.05) is 12.6 Å². The molecule has 0 amide bonds. The number of hydrogen-bond acceptors (Lipinski definition) is 8. The van der Waals surface area contributed by atoms with Crippen LogP contribution in [0, 0.1) is 5.92 Å². The van der Waals surface area contributed by atoms with E-state index in [-0.39, 0.29) is 26.2 Å². The Labute approximate surface area is 148 Å². The highest BCUT2D eigenvalue weighted by atomic mass is 16.5. The summed E-state index contributed by atoms with van der Waals surface area (Å²) >= 11 is 0. The van der Waals surface area contributed by atoms with E-state index in [9.17, 15) is 30.6 Å². The Bertz CT molecular complexity index is 389. The number of ether oxygens (including phenoxy) is 1. The lowest BCUT2D eigenvalue weighted by Crippen LogP contribution is -2.68. The molecule has 0 saturated heterocycles. The molecular weight excluding hydrogens is 330 g/mol. The Hall–Kier alpha value is -0.320. The van der Waals surface area contributed by atoms with Gasteiger partial charge in [0.15, 0.2) is 0 Å². The molecule has 2 saturated carbocycles. The second-order valence-corrected chi connectivity index (χ2v) is 7.59. The molecular formula is C17H33NO7. The van der Waals surface area contributed by atoms with Gasteiger partial charge < -0.3 is 40.7 Å². The van der Waals surface area contributed by atoms with Crippen molar-refractivity contribution in [3.63, 3.8) is 0 Å². The van der Waals surface area contributed by atoms with Gasteiger partial charge in [-0.15, -0.1) is 0 Å². The molecule has 0 aromatic heterocycles. The molecule has 0 aromatic carbocycles. The first kappa shape index (κ1) is 21.0. The number of hydrogen-bond donors (Lipinski definition) is 7. The number of rotatable bonds is 8. The van der Waals surface area contributed by atoms with Crippen LogP contribution in [0.3, 0.4) is 0 Å². The van der Waals surface area contributed by atoms with Crippen molar-refractivity contribution in [3.8, 4) is 0 Å². The fourth-order valence-electron chi connectivity index (χ4n) is 3.89. The Morgan fingerprint density at radius 3 is 2.24 bits per heavy atom. The summed E-state index contributed by atoms with van der Waals surface area (Å²) in [6.07, 6.45) is 1.34. The molecule has 25 heavy (non-hydrogen) atoms. The number of aliphatic hydroxyl groups excluding tert-OH is 5. The van der Waals surface area contributed by atoms with Crippen molar-refractivity contribution in [3.05, 3.63) is 0 Å². The van der Waals surface area contributed by atoms with Crippen molar-refractivity contribution in [2.45, 2.75) is 74.5 Å². The van der Waals surface area contributed by atoms with Gasteiger partial charge in [0.25, 0.3) is 0 Å².